The number of benzene rings is 1. The van der Waals surface area contributed by atoms with E-state index in [1.807, 2.05) is 13.0 Å². The second kappa shape index (κ2) is 4.97. The van der Waals surface area contributed by atoms with E-state index in [2.05, 4.69) is 48.1 Å². The van der Waals surface area contributed by atoms with Gasteiger partial charge >= 0.3 is 0 Å². The summed E-state index contributed by atoms with van der Waals surface area (Å²) < 4.78 is 0. The van der Waals surface area contributed by atoms with E-state index < -0.39 is 0 Å². The summed E-state index contributed by atoms with van der Waals surface area (Å²) in [6.07, 6.45) is 0.250. The third kappa shape index (κ3) is 2.54. The fourth-order valence-corrected chi connectivity index (χ4v) is 1.83. The van der Waals surface area contributed by atoms with Gasteiger partial charge in [-0.2, -0.15) is 5.26 Å². The highest BCUT2D eigenvalue weighted by Gasteiger charge is 2.05. The largest absolute Gasteiger partial charge is 0.237 e. The van der Waals surface area contributed by atoms with Gasteiger partial charge in [-0.3, -0.25) is 0 Å². The molecule has 3 heteroatoms. The third-order valence-electron chi connectivity index (χ3n) is 2.94. The van der Waals surface area contributed by atoms with Crippen LogP contribution in [-0.4, -0.2) is 9.97 Å². The number of nitriles is 1. The summed E-state index contributed by atoms with van der Waals surface area (Å²) in [7, 11) is 0. The zero-order valence-electron chi connectivity index (χ0n) is 10.9. The number of aromatic nitrogens is 2. The quantitative estimate of drug-likeness (QED) is 0.806. The lowest BCUT2D eigenvalue weighted by Gasteiger charge is -2.07. The van der Waals surface area contributed by atoms with Crippen molar-refractivity contribution in [3.63, 3.8) is 0 Å². The summed E-state index contributed by atoms with van der Waals surface area (Å²) in [5, 5.41) is 8.72. The standard InChI is InChI=1S/C15H15N3/c1-10-4-5-13(8-11(10)2)14-9-12(3)17-15(18-14)6-7-16/h4-5,8-9H,6H2,1-3H3. The SMILES string of the molecule is Cc1cc(-c2ccc(C)c(C)c2)nc(CC#N)n1. The van der Waals surface area contributed by atoms with Crippen LogP contribution in [0.25, 0.3) is 11.3 Å². The summed E-state index contributed by atoms with van der Waals surface area (Å²) in [5.74, 6) is 0.589. The van der Waals surface area contributed by atoms with Gasteiger partial charge in [-0.05, 0) is 44.0 Å². The second-order valence-electron chi connectivity index (χ2n) is 4.44. The smallest absolute Gasteiger partial charge is 0.143 e. The van der Waals surface area contributed by atoms with Crippen molar-refractivity contribution >= 4 is 0 Å². The Hall–Kier alpha value is -2.21. The minimum atomic E-state index is 0.250. The van der Waals surface area contributed by atoms with E-state index >= 15 is 0 Å². The van der Waals surface area contributed by atoms with E-state index in [4.69, 9.17) is 5.26 Å². The lowest BCUT2D eigenvalue weighted by molar-refractivity contribution is 0.968. The molecule has 0 aliphatic carbocycles. The molecular formula is C15H15N3. The Labute approximate surface area is 107 Å². The van der Waals surface area contributed by atoms with E-state index in [1.54, 1.807) is 0 Å². The lowest BCUT2D eigenvalue weighted by atomic mass is 10.0. The van der Waals surface area contributed by atoms with Crippen molar-refractivity contribution in [2.24, 2.45) is 0 Å². The molecule has 0 N–H and O–H groups in total. The van der Waals surface area contributed by atoms with Gasteiger partial charge in [-0.25, -0.2) is 9.97 Å². The Bertz CT molecular complexity index is 624. The molecule has 0 amide bonds. The first-order valence-corrected chi connectivity index (χ1v) is 5.89. The predicted octanol–water partition coefficient (Wildman–Crippen LogP) is 3.13. The predicted molar refractivity (Wildman–Crippen MR) is 71.0 cm³/mol. The van der Waals surface area contributed by atoms with Gasteiger partial charge in [0.1, 0.15) is 5.82 Å². The summed E-state index contributed by atoms with van der Waals surface area (Å²) in [5.41, 5.74) is 5.36. The molecule has 0 unspecified atom stereocenters. The molecule has 1 aromatic carbocycles. The van der Waals surface area contributed by atoms with Crippen LogP contribution in [0.1, 0.15) is 22.6 Å². The van der Waals surface area contributed by atoms with Crippen LogP contribution in [-0.2, 0) is 6.42 Å². The Morgan fingerprint density at radius 2 is 1.83 bits per heavy atom. The van der Waals surface area contributed by atoms with Gasteiger partial charge < -0.3 is 0 Å². The van der Waals surface area contributed by atoms with Gasteiger partial charge in [0.05, 0.1) is 18.2 Å². The average molecular weight is 237 g/mol. The molecule has 1 heterocycles. The van der Waals surface area contributed by atoms with E-state index in [0.717, 1.165) is 17.0 Å². The molecule has 0 bridgehead atoms. The van der Waals surface area contributed by atoms with E-state index in [1.165, 1.54) is 11.1 Å². The van der Waals surface area contributed by atoms with Gasteiger partial charge in [0.15, 0.2) is 0 Å². The summed E-state index contributed by atoms with van der Waals surface area (Å²) in [6.45, 7) is 6.10. The molecule has 0 aliphatic heterocycles. The van der Waals surface area contributed by atoms with Crippen molar-refractivity contribution in [2.45, 2.75) is 27.2 Å². The highest BCUT2D eigenvalue weighted by molar-refractivity contribution is 5.61. The van der Waals surface area contributed by atoms with Crippen molar-refractivity contribution in [2.75, 3.05) is 0 Å². The van der Waals surface area contributed by atoms with Crippen LogP contribution in [0.3, 0.4) is 0 Å². The topological polar surface area (TPSA) is 49.6 Å². The zero-order chi connectivity index (χ0) is 13.1. The molecule has 0 saturated heterocycles. The summed E-state index contributed by atoms with van der Waals surface area (Å²) in [4.78, 5) is 8.69. The van der Waals surface area contributed by atoms with Crippen molar-refractivity contribution < 1.29 is 0 Å². The Morgan fingerprint density at radius 1 is 1.06 bits per heavy atom. The number of rotatable bonds is 2. The molecule has 90 valence electrons. The molecule has 0 radical (unpaired) electrons. The van der Waals surface area contributed by atoms with Crippen LogP contribution in [0.5, 0.6) is 0 Å². The molecule has 2 aromatic rings. The van der Waals surface area contributed by atoms with E-state index in [-0.39, 0.29) is 6.42 Å². The van der Waals surface area contributed by atoms with Gasteiger partial charge in [-0.15, -0.1) is 0 Å². The first kappa shape index (κ1) is 12.3. The van der Waals surface area contributed by atoms with Gasteiger partial charge in [-0.1, -0.05) is 12.1 Å². The van der Waals surface area contributed by atoms with Gasteiger partial charge in [0.2, 0.25) is 0 Å². The van der Waals surface area contributed by atoms with Gasteiger partial charge in [0.25, 0.3) is 0 Å². The maximum absolute atomic E-state index is 8.72. The summed E-state index contributed by atoms with van der Waals surface area (Å²) in [6, 6.07) is 10.3. The van der Waals surface area contributed by atoms with Crippen molar-refractivity contribution in [3.8, 4) is 17.3 Å². The van der Waals surface area contributed by atoms with Crippen molar-refractivity contribution in [1.29, 1.82) is 5.26 Å². The van der Waals surface area contributed by atoms with E-state index in [0.29, 0.717) is 5.82 Å². The number of aryl methyl sites for hydroxylation is 3. The summed E-state index contributed by atoms with van der Waals surface area (Å²) >= 11 is 0. The van der Waals surface area contributed by atoms with Crippen LogP contribution in [0.4, 0.5) is 0 Å². The molecule has 0 fully saturated rings. The molecule has 18 heavy (non-hydrogen) atoms. The van der Waals surface area contributed by atoms with Crippen LogP contribution in [0, 0.1) is 32.1 Å². The number of nitrogens with zero attached hydrogens (tertiary/aromatic N) is 3. The third-order valence-corrected chi connectivity index (χ3v) is 2.94. The normalized spacial score (nSPS) is 10.1. The molecule has 1 aromatic heterocycles. The molecule has 2 rings (SSSR count). The molecule has 0 saturated carbocycles. The molecule has 3 nitrogen and oxygen atoms in total. The van der Waals surface area contributed by atoms with Crippen LogP contribution in [0.15, 0.2) is 24.3 Å². The minimum absolute atomic E-state index is 0.250. The first-order chi connectivity index (χ1) is 8.60. The molecule has 0 atom stereocenters. The van der Waals surface area contributed by atoms with Crippen LogP contribution < -0.4 is 0 Å². The van der Waals surface area contributed by atoms with Crippen molar-refractivity contribution in [1.82, 2.24) is 9.97 Å². The van der Waals surface area contributed by atoms with E-state index in [9.17, 15) is 0 Å². The highest BCUT2D eigenvalue weighted by Crippen LogP contribution is 2.21. The molecule has 0 spiro atoms. The monoisotopic (exact) mass is 237 g/mol. The fraction of sp³-hybridized carbons (Fsp3) is 0.267. The second-order valence-corrected chi connectivity index (χ2v) is 4.44. The average Bonchev–Trinajstić information content (AvgIpc) is 2.32. The van der Waals surface area contributed by atoms with Gasteiger partial charge in [0, 0.05) is 11.3 Å². The minimum Gasteiger partial charge on any atom is -0.237 e. The Kier molecular flexibility index (Phi) is 3.38. The van der Waals surface area contributed by atoms with Crippen molar-refractivity contribution in [3.05, 3.63) is 46.9 Å². The maximum atomic E-state index is 8.72. The fourth-order valence-electron chi connectivity index (χ4n) is 1.83. The van der Waals surface area contributed by atoms with Crippen LogP contribution >= 0.6 is 0 Å². The number of hydrogen-bond donors (Lipinski definition) is 0. The lowest BCUT2D eigenvalue weighted by Crippen LogP contribution is -1.98. The number of hydrogen-bond acceptors (Lipinski definition) is 3. The molecular weight excluding hydrogens is 222 g/mol. The maximum Gasteiger partial charge on any atom is 0.143 e. The Morgan fingerprint density at radius 3 is 2.50 bits per heavy atom. The Balaban J connectivity index is 2.50. The van der Waals surface area contributed by atoms with Crippen LogP contribution in [0.2, 0.25) is 0 Å². The zero-order valence-corrected chi connectivity index (χ0v) is 10.9. The molecule has 0 aliphatic rings. The highest BCUT2D eigenvalue weighted by atomic mass is 14.9. The first-order valence-electron chi connectivity index (χ1n) is 5.89.